The summed E-state index contributed by atoms with van der Waals surface area (Å²) in [7, 11) is 2.76. The Morgan fingerprint density at radius 1 is 1.23 bits per heavy atom. The molecular weight excluding hydrogens is 416 g/mol. The first-order chi connectivity index (χ1) is 12.2. The summed E-state index contributed by atoms with van der Waals surface area (Å²) in [5.41, 5.74) is -2.86. The monoisotopic (exact) mass is 432 g/mol. The highest BCUT2D eigenvalue weighted by Gasteiger charge is 2.55. The van der Waals surface area contributed by atoms with Gasteiger partial charge in [-0.3, -0.25) is 14.9 Å². The molecule has 0 heterocycles. The van der Waals surface area contributed by atoms with E-state index in [1.807, 2.05) is 0 Å². The van der Waals surface area contributed by atoms with Crippen molar-refractivity contribution >= 4 is 35.7 Å². The third-order valence-corrected chi connectivity index (χ3v) is 3.86. The van der Waals surface area contributed by atoms with E-state index < -0.39 is 36.7 Å². The number of rotatable bonds is 6. The lowest BCUT2D eigenvalue weighted by atomic mass is 9.88. The Labute approximate surface area is 158 Å². The van der Waals surface area contributed by atoms with E-state index in [1.54, 1.807) is 7.85 Å². The molecule has 10 heteroatoms. The van der Waals surface area contributed by atoms with Crippen molar-refractivity contribution in [2.24, 2.45) is 0 Å². The standard InChI is InChI=1S/C16H17BBrF3N2O3/c1-26-14(25)10-22-13(24)9-23-15(7-2-8-17,16(19,20)21)11-3-5-12(18)6-4-11/h3-6,23H,8-10,17H2,1H3,(H,22,24)/t15-/m0/s1. The van der Waals surface area contributed by atoms with Gasteiger partial charge in [-0.2, -0.15) is 13.2 Å². The normalized spacial score (nSPS) is 13.1. The fraction of sp³-hybridized carbons (Fsp3) is 0.375. The molecule has 1 amide bonds. The third-order valence-electron chi connectivity index (χ3n) is 3.33. The quantitative estimate of drug-likeness (QED) is 0.402. The minimum atomic E-state index is -4.79. The van der Waals surface area contributed by atoms with Crippen molar-refractivity contribution in [1.82, 2.24) is 10.6 Å². The number of esters is 1. The van der Waals surface area contributed by atoms with E-state index in [-0.39, 0.29) is 11.9 Å². The summed E-state index contributed by atoms with van der Waals surface area (Å²) < 4.78 is 46.7. The van der Waals surface area contributed by atoms with Gasteiger partial charge in [0.05, 0.1) is 13.7 Å². The van der Waals surface area contributed by atoms with Crippen LogP contribution in [0.2, 0.25) is 6.32 Å². The Morgan fingerprint density at radius 2 is 1.85 bits per heavy atom. The number of halogens is 4. The number of carbonyl (C=O) groups is 2. The highest BCUT2D eigenvalue weighted by Crippen LogP contribution is 2.39. The molecule has 0 aliphatic heterocycles. The minimum absolute atomic E-state index is 0.144. The predicted molar refractivity (Wildman–Crippen MR) is 96.0 cm³/mol. The molecule has 0 aliphatic carbocycles. The van der Waals surface area contributed by atoms with Gasteiger partial charge in [0.1, 0.15) is 14.4 Å². The summed E-state index contributed by atoms with van der Waals surface area (Å²) in [4.78, 5) is 22.8. The number of benzene rings is 1. The van der Waals surface area contributed by atoms with E-state index in [0.717, 1.165) is 7.11 Å². The van der Waals surface area contributed by atoms with E-state index in [4.69, 9.17) is 0 Å². The van der Waals surface area contributed by atoms with Gasteiger partial charge >= 0.3 is 12.1 Å². The molecule has 5 nitrogen and oxygen atoms in total. The molecule has 2 N–H and O–H groups in total. The molecule has 1 aromatic rings. The Morgan fingerprint density at radius 3 is 2.35 bits per heavy atom. The molecule has 0 fully saturated rings. The summed E-state index contributed by atoms with van der Waals surface area (Å²) in [5, 5.41) is 4.38. The number of methoxy groups -OCH3 is 1. The molecule has 1 rings (SSSR count). The van der Waals surface area contributed by atoms with E-state index in [9.17, 15) is 22.8 Å². The van der Waals surface area contributed by atoms with Gasteiger partial charge in [0, 0.05) is 4.47 Å². The second-order valence-corrected chi connectivity index (χ2v) is 6.03. The number of hydrogen-bond acceptors (Lipinski definition) is 4. The molecule has 0 spiro atoms. The molecule has 0 saturated carbocycles. The van der Waals surface area contributed by atoms with Crippen LogP contribution in [0.15, 0.2) is 28.7 Å². The Hall–Kier alpha value is -1.99. The zero-order valence-electron chi connectivity index (χ0n) is 14.2. The zero-order chi connectivity index (χ0) is 19.8. The van der Waals surface area contributed by atoms with Gasteiger partial charge in [-0.05, 0) is 24.0 Å². The number of ether oxygens (including phenoxy) is 1. The van der Waals surface area contributed by atoms with Gasteiger partial charge in [0.15, 0.2) is 0 Å². The van der Waals surface area contributed by atoms with Gasteiger partial charge in [0.25, 0.3) is 0 Å². The number of hydrogen-bond donors (Lipinski definition) is 2. The van der Waals surface area contributed by atoms with Gasteiger partial charge in [-0.25, -0.2) is 0 Å². The van der Waals surface area contributed by atoms with E-state index >= 15 is 0 Å². The first-order valence-corrected chi connectivity index (χ1v) is 8.37. The third kappa shape index (κ3) is 5.78. The topological polar surface area (TPSA) is 67.4 Å². The molecule has 0 aromatic heterocycles. The number of alkyl halides is 3. The molecule has 26 heavy (non-hydrogen) atoms. The van der Waals surface area contributed by atoms with Gasteiger partial charge in [0.2, 0.25) is 11.4 Å². The van der Waals surface area contributed by atoms with Crippen molar-refractivity contribution in [3.8, 4) is 11.8 Å². The Balaban J connectivity index is 3.13. The van der Waals surface area contributed by atoms with Crippen LogP contribution in [0.5, 0.6) is 0 Å². The fourth-order valence-corrected chi connectivity index (χ4v) is 2.26. The number of nitrogens with one attached hydrogen (secondary N) is 2. The van der Waals surface area contributed by atoms with Gasteiger partial charge < -0.3 is 10.1 Å². The van der Waals surface area contributed by atoms with Crippen molar-refractivity contribution < 1.29 is 27.5 Å². The van der Waals surface area contributed by atoms with Crippen molar-refractivity contribution in [3.63, 3.8) is 0 Å². The van der Waals surface area contributed by atoms with Crippen LogP contribution in [-0.4, -0.2) is 46.1 Å². The summed E-state index contributed by atoms with van der Waals surface area (Å²) in [5.74, 6) is 3.16. The number of amides is 1. The molecule has 140 valence electrons. The van der Waals surface area contributed by atoms with E-state index in [2.05, 4.69) is 43.1 Å². The van der Waals surface area contributed by atoms with Gasteiger partial charge in [-0.1, -0.05) is 34.0 Å². The lowest BCUT2D eigenvalue weighted by Gasteiger charge is -2.32. The van der Waals surface area contributed by atoms with Crippen LogP contribution in [-0.2, 0) is 19.9 Å². The lowest BCUT2D eigenvalue weighted by molar-refractivity contribution is -0.182. The molecule has 0 aliphatic rings. The zero-order valence-corrected chi connectivity index (χ0v) is 15.8. The van der Waals surface area contributed by atoms with Crippen LogP contribution in [0.3, 0.4) is 0 Å². The van der Waals surface area contributed by atoms with E-state index in [1.165, 1.54) is 24.3 Å². The summed E-state index contributed by atoms with van der Waals surface area (Å²) in [6.45, 7) is -1.13. The fourth-order valence-electron chi connectivity index (χ4n) is 1.99. The van der Waals surface area contributed by atoms with Crippen molar-refractivity contribution in [3.05, 3.63) is 34.3 Å². The van der Waals surface area contributed by atoms with Gasteiger partial charge in [-0.15, -0.1) is 5.92 Å². The average Bonchev–Trinajstić information content (AvgIpc) is 2.59. The van der Waals surface area contributed by atoms with Crippen molar-refractivity contribution in [2.75, 3.05) is 20.2 Å². The maximum Gasteiger partial charge on any atom is 0.422 e. The maximum absolute atomic E-state index is 13.9. The van der Waals surface area contributed by atoms with E-state index in [0.29, 0.717) is 4.47 Å². The molecule has 0 radical (unpaired) electrons. The largest absolute Gasteiger partial charge is 0.468 e. The van der Waals surface area contributed by atoms with Crippen LogP contribution < -0.4 is 10.6 Å². The highest BCUT2D eigenvalue weighted by molar-refractivity contribution is 9.10. The summed E-state index contributed by atoms with van der Waals surface area (Å²) in [6.07, 6.45) is -4.57. The summed E-state index contributed by atoms with van der Waals surface area (Å²) >= 11 is 3.17. The van der Waals surface area contributed by atoms with Crippen LogP contribution in [0.4, 0.5) is 13.2 Å². The number of carbonyl (C=O) groups excluding carboxylic acids is 2. The maximum atomic E-state index is 13.9. The molecule has 0 saturated heterocycles. The predicted octanol–water partition coefficient (Wildman–Crippen LogP) is 1.14. The molecule has 1 aromatic carbocycles. The lowest BCUT2D eigenvalue weighted by Crippen LogP contribution is -2.55. The van der Waals surface area contributed by atoms with Crippen LogP contribution in [0.1, 0.15) is 5.56 Å². The molecule has 1 atom stereocenters. The van der Waals surface area contributed by atoms with Crippen molar-refractivity contribution in [1.29, 1.82) is 0 Å². The Kier molecular flexibility index (Phi) is 8.18. The SMILES string of the molecule is BCC#C[C@](NCC(=O)NCC(=O)OC)(c1ccc(Br)cc1)C(F)(F)F. The van der Waals surface area contributed by atoms with Crippen LogP contribution in [0, 0.1) is 11.8 Å². The van der Waals surface area contributed by atoms with Crippen molar-refractivity contribution in [2.45, 2.75) is 18.0 Å². The van der Waals surface area contributed by atoms with Crippen LogP contribution >= 0.6 is 15.9 Å². The second-order valence-electron chi connectivity index (χ2n) is 5.12. The molecular formula is C16H17BBrF3N2O3. The first kappa shape index (κ1) is 22.1. The first-order valence-electron chi connectivity index (χ1n) is 7.57. The smallest absolute Gasteiger partial charge is 0.422 e. The molecule has 0 unspecified atom stereocenters. The average molecular weight is 433 g/mol. The molecule has 0 bridgehead atoms. The highest BCUT2D eigenvalue weighted by atomic mass is 79.9. The Bertz CT molecular complexity index is 701. The van der Waals surface area contributed by atoms with Crippen LogP contribution in [0.25, 0.3) is 0 Å². The second kappa shape index (κ2) is 9.64. The minimum Gasteiger partial charge on any atom is -0.468 e. The summed E-state index contributed by atoms with van der Waals surface area (Å²) in [6, 6.07) is 5.48.